The summed E-state index contributed by atoms with van der Waals surface area (Å²) >= 11 is 0. The number of rotatable bonds is 6. The summed E-state index contributed by atoms with van der Waals surface area (Å²) in [6, 6.07) is 5.66. The van der Waals surface area contributed by atoms with Gasteiger partial charge < -0.3 is 10.1 Å². The van der Waals surface area contributed by atoms with Crippen molar-refractivity contribution in [2.75, 3.05) is 13.2 Å². The maximum absolute atomic E-state index is 12.8. The largest absolute Gasteiger partial charge is 0.416 e. The van der Waals surface area contributed by atoms with Gasteiger partial charge in [-0.3, -0.25) is 0 Å². The highest BCUT2D eigenvalue weighted by Gasteiger charge is 2.32. The Morgan fingerprint density at radius 2 is 1.85 bits per heavy atom. The molecule has 2 rings (SSSR count). The van der Waals surface area contributed by atoms with Gasteiger partial charge >= 0.3 is 6.18 Å². The van der Waals surface area contributed by atoms with Crippen molar-refractivity contribution in [1.29, 1.82) is 0 Å². The third-order valence-corrected chi connectivity index (χ3v) is 3.57. The van der Waals surface area contributed by atoms with E-state index in [4.69, 9.17) is 4.74 Å². The highest BCUT2D eigenvalue weighted by atomic mass is 19.4. The molecule has 0 radical (unpaired) electrons. The molecule has 0 aromatic heterocycles. The molecule has 0 spiro atoms. The Balaban J connectivity index is 1.73. The fourth-order valence-electron chi connectivity index (χ4n) is 2.53. The average molecular weight is 287 g/mol. The molecule has 0 atom stereocenters. The van der Waals surface area contributed by atoms with Crippen molar-refractivity contribution in [1.82, 2.24) is 5.32 Å². The minimum Gasteiger partial charge on any atom is -0.377 e. The molecule has 1 N–H and O–H groups in total. The van der Waals surface area contributed by atoms with Crippen LogP contribution in [0.3, 0.4) is 0 Å². The number of hydrogen-bond donors (Lipinski definition) is 1. The summed E-state index contributed by atoms with van der Waals surface area (Å²) in [5.74, 6) is 0. The van der Waals surface area contributed by atoms with Crippen LogP contribution in [0.4, 0.5) is 13.2 Å². The van der Waals surface area contributed by atoms with E-state index in [1.807, 2.05) is 0 Å². The van der Waals surface area contributed by atoms with Gasteiger partial charge in [-0.25, -0.2) is 0 Å². The van der Waals surface area contributed by atoms with Gasteiger partial charge in [0.15, 0.2) is 0 Å². The van der Waals surface area contributed by atoms with Crippen LogP contribution < -0.4 is 5.32 Å². The van der Waals surface area contributed by atoms with Crippen LogP contribution in [-0.2, 0) is 17.5 Å². The van der Waals surface area contributed by atoms with E-state index in [0.717, 1.165) is 18.9 Å². The van der Waals surface area contributed by atoms with Crippen molar-refractivity contribution < 1.29 is 17.9 Å². The van der Waals surface area contributed by atoms with Gasteiger partial charge in [-0.15, -0.1) is 0 Å². The van der Waals surface area contributed by atoms with Gasteiger partial charge in [0.2, 0.25) is 0 Å². The van der Waals surface area contributed by atoms with Crippen LogP contribution in [0.2, 0.25) is 0 Å². The molecule has 1 fully saturated rings. The summed E-state index contributed by atoms with van der Waals surface area (Å²) in [6.07, 6.45) is 0.708. The molecule has 2 nitrogen and oxygen atoms in total. The van der Waals surface area contributed by atoms with E-state index in [2.05, 4.69) is 5.32 Å². The topological polar surface area (TPSA) is 21.3 Å². The van der Waals surface area contributed by atoms with E-state index in [0.29, 0.717) is 19.3 Å². The predicted molar refractivity (Wildman–Crippen MR) is 71.4 cm³/mol. The molecule has 5 heteroatoms. The van der Waals surface area contributed by atoms with Crippen molar-refractivity contribution in [3.05, 3.63) is 35.4 Å². The molecule has 1 aliphatic carbocycles. The summed E-state index contributed by atoms with van der Waals surface area (Å²) < 4.78 is 44.0. The summed E-state index contributed by atoms with van der Waals surface area (Å²) in [6.45, 7) is 1.34. The second kappa shape index (κ2) is 7.09. The van der Waals surface area contributed by atoms with E-state index in [1.165, 1.54) is 25.0 Å². The first kappa shape index (κ1) is 15.3. The maximum atomic E-state index is 12.8. The molecule has 1 saturated carbocycles. The van der Waals surface area contributed by atoms with Crippen molar-refractivity contribution in [3.63, 3.8) is 0 Å². The summed E-state index contributed by atoms with van der Waals surface area (Å²) in [4.78, 5) is 0. The lowest BCUT2D eigenvalue weighted by Crippen LogP contribution is -2.23. The van der Waals surface area contributed by atoms with Gasteiger partial charge in [-0.05, 0) is 24.5 Å². The first-order valence-corrected chi connectivity index (χ1v) is 7.05. The molecule has 1 aromatic carbocycles. The second-order valence-electron chi connectivity index (χ2n) is 5.11. The second-order valence-corrected chi connectivity index (χ2v) is 5.11. The molecule has 0 amide bonds. The zero-order valence-corrected chi connectivity index (χ0v) is 11.4. The van der Waals surface area contributed by atoms with Gasteiger partial charge in [-0.2, -0.15) is 13.2 Å². The quantitative estimate of drug-likeness (QED) is 0.804. The lowest BCUT2D eigenvalue weighted by molar-refractivity contribution is -0.138. The van der Waals surface area contributed by atoms with Crippen molar-refractivity contribution in [2.45, 2.75) is 44.5 Å². The van der Waals surface area contributed by atoms with Crippen LogP contribution in [-0.4, -0.2) is 19.3 Å². The standard InChI is InChI=1S/C15H20F3NO/c16-15(17,18)14-8-4-1-5-12(14)11-19-9-10-20-13-6-2-3-7-13/h1,4-5,8,13,19H,2-3,6-7,9-11H2. The summed E-state index contributed by atoms with van der Waals surface area (Å²) in [5.41, 5.74) is -0.287. The van der Waals surface area contributed by atoms with Gasteiger partial charge in [0, 0.05) is 13.1 Å². The van der Waals surface area contributed by atoms with E-state index < -0.39 is 11.7 Å². The zero-order chi connectivity index (χ0) is 14.4. The number of ether oxygens (including phenoxy) is 1. The average Bonchev–Trinajstić information content (AvgIpc) is 2.91. The molecule has 0 heterocycles. The monoisotopic (exact) mass is 287 g/mol. The molecule has 0 aliphatic heterocycles. The van der Waals surface area contributed by atoms with Crippen LogP contribution in [0.5, 0.6) is 0 Å². The van der Waals surface area contributed by atoms with Crippen LogP contribution in [0.1, 0.15) is 36.8 Å². The minimum absolute atomic E-state index is 0.212. The Hall–Kier alpha value is -1.07. The molecular formula is C15H20F3NO. The highest BCUT2D eigenvalue weighted by molar-refractivity contribution is 5.29. The highest BCUT2D eigenvalue weighted by Crippen LogP contribution is 2.31. The van der Waals surface area contributed by atoms with Crippen LogP contribution >= 0.6 is 0 Å². The first-order chi connectivity index (χ1) is 9.57. The number of benzene rings is 1. The Labute approximate surface area is 117 Å². The van der Waals surface area contributed by atoms with E-state index in [-0.39, 0.29) is 12.1 Å². The third-order valence-electron chi connectivity index (χ3n) is 3.57. The normalized spacial score (nSPS) is 16.8. The fourth-order valence-corrected chi connectivity index (χ4v) is 2.53. The molecular weight excluding hydrogens is 267 g/mol. The van der Waals surface area contributed by atoms with E-state index in [1.54, 1.807) is 6.07 Å². The van der Waals surface area contributed by atoms with Crippen LogP contribution in [0, 0.1) is 0 Å². The maximum Gasteiger partial charge on any atom is 0.416 e. The van der Waals surface area contributed by atoms with Gasteiger partial charge in [0.1, 0.15) is 0 Å². The molecule has 0 unspecified atom stereocenters. The van der Waals surface area contributed by atoms with Gasteiger partial charge in [0.05, 0.1) is 18.3 Å². The molecule has 20 heavy (non-hydrogen) atoms. The number of alkyl halides is 3. The number of nitrogens with one attached hydrogen (secondary N) is 1. The Bertz CT molecular complexity index is 414. The SMILES string of the molecule is FC(F)(F)c1ccccc1CNCCOC1CCCC1. The summed E-state index contributed by atoms with van der Waals surface area (Å²) in [7, 11) is 0. The first-order valence-electron chi connectivity index (χ1n) is 7.05. The minimum atomic E-state index is -4.29. The Morgan fingerprint density at radius 1 is 1.15 bits per heavy atom. The molecule has 112 valence electrons. The Kier molecular flexibility index (Phi) is 5.43. The zero-order valence-electron chi connectivity index (χ0n) is 11.4. The Morgan fingerprint density at radius 3 is 2.55 bits per heavy atom. The van der Waals surface area contributed by atoms with Crippen LogP contribution in [0.25, 0.3) is 0 Å². The van der Waals surface area contributed by atoms with Crippen molar-refractivity contribution in [3.8, 4) is 0 Å². The van der Waals surface area contributed by atoms with Crippen LogP contribution in [0.15, 0.2) is 24.3 Å². The van der Waals surface area contributed by atoms with E-state index in [9.17, 15) is 13.2 Å². The van der Waals surface area contributed by atoms with Gasteiger partial charge in [0.25, 0.3) is 0 Å². The molecule has 1 aromatic rings. The molecule has 0 saturated heterocycles. The lowest BCUT2D eigenvalue weighted by atomic mass is 10.1. The lowest BCUT2D eigenvalue weighted by Gasteiger charge is -2.14. The third kappa shape index (κ3) is 4.49. The predicted octanol–water partition coefficient (Wildman–Crippen LogP) is 3.75. The molecule has 1 aliphatic rings. The fraction of sp³-hybridized carbons (Fsp3) is 0.600. The summed E-state index contributed by atoms with van der Waals surface area (Å²) in [5, 5.41) is 3.01. The molecule has 0 bridgehead atoms. The number of hydrogen-bond acceptors (Lipinski definition) is 2. The van der Waals surface area contributed by atoms with Gasteiger partial charge in [-0.1, -0.05) is 31.0 Å². The van der Waals surface area contributed by atoms with Crippen molar-refractivity contribution in [2.24, 2.45) is 0 Å². The smallest absolute Gasteiger partial charge is 0.377 e. The number of halogens is 3. The van der Waals surface area contributed by atoms with E-state index >= 15 is 0 Å². The van der Waals surface area contributed by atoms with Crippen molar-refractivity contribution >= 4 is 0 Å².